The number of rotatable bonds is 4. The van der Waals surface area contributed by atoms with Gasteiger partial charge in [0.2, 0.25) is 5.95 Å². The number of nitrogens with zero attached hydrogens (tertiary/aromatic N) is 3. The second-order valence-corrected chi connectivity index (χ2v) is 7.32. The van der Waals surface area contributed by atoms with E-state index < -0.39 is 5.60 Å². The molecule has 26 heavy (non-hydrogen) atoms. The van der Waals surface area contributed by atoms with Gasteiger partial charge >= 0.3 is 0 Å². The Morgan fingerprint density at radius 2 is 1.96 bits per heavy atom. The minimum atomic E-state index is -0.955. The summed E-state index contributed by atoms with van der Waals surface area (Å²) in [5.41, 5.74) is 2.37. The lowest BCUT2D eigenvalue weighted by atomic mass is 9.90. The summed E-state index contributed by atoms with van der Waals surface area (Å²) in [6.45, 7) is 1.32. The lowest BCUT2D eigenvalue weighted by Crippen LogP contribution is -2.45. The van der Waals surface area contributed by atoms with Crippen molar-refractivity contribution in [1.82, 2.24) is 15.3 Å². The van der Waals surface area contributed by atoms with E-state index in [0.29, 0.717) is 31.0 Å². The van der Waals surface area contributed by atoms with Gasteiger partial charge in [0.15, 0.2) is 0 Å². The van der Waals surface area contributed by atoms with Crippen molar-refractivity contribution in [2.24, 2.45) is 0 Å². The number of fused-ring (bicyclic) bond motifs is 1. The van der Waals surface area contributed by atoms with Gasteiger partial charge in [-0.3, -0.25) is 4.79 Å². The molecule has 6 nitrogen and oxygen atoms in total. The predicted octanol–water partition coefficient (Wildman–Crippen LogP) is 1.73. The first-order valence-electron chi connectivity index (χ1n) is 9.27. The van der Waals surface area contributed by atoms with Crippen LogP contribution in [-0.2, 0) is 12.8 Å². The monoisotopic (exact) mass is 352 g/mol. The molecule has 2 aliphatic rings. The summed E-state index contributed by atoms with van der Waals surface area (Å²) in [6, 6.07) is 7.74. The van der Waals surface area contributed by atoms with E-state index in [-0.39, 0.29) is 12.5 Å². The molecule has 1 unspecified atom stereocenters. The van der Waals surface area contributed by atoms with Crippen molar-refractivity contribution in [2.45, 2.75) is 37.7 Å². The van der Waals surface area contributed by atoms with Crippen LogP contribution < -0.4 is 10.2 Å². The molecule has 2 aromatic rings. The highest BCUT2D eigenvalue weighted by Gasteiger charge is 2.37. The number of aromatic nitrogens is 2. The molecule has 1 saturated heterocycles. The summed E-state index contributed by atoms with van der Waals surface area (Å²) in [4.78, 5) is 22.9. The number of β-amino-alcohol motifs (C(OH)–C–C–N with tert-alkyl or cyclic N) is 1. The summed E-state index contributed by atoms with van der Waals surface area (Å²) in [6.07, 6.45) is 8.54. The second kappa shape index (κ2) is 7.03. The molecular formula is C20H24N4O2. The number of hydrogen-bond donors (Lipinski definition) is 2. The summed E-state index contributed by atoms with van der Waals surface area (Å²) >= 11 is 0. The van der Waals surface area contributed by atoms with Gasteiger partial charge in [-0.1, -0.05) is 6.07 Å². The molecule has 1 aromatic heterocycles. The van der Waals surface area contributed by atoms with Crippen LogP contribution in [0.3, 0.4) is 0 Å². The van der Waals surface area contributed by atoms with Gasteiger partial charge in [0.25, 0.3) is 5.91 Å². The Morgan fingerprint density at radius 3 is 2.77 bits per heavy atom. The van der Waals surface area contributed by atoms with E-state index in [9.17, 15) is 9.90 Å². The van der Waals surface area contributed by atoms with Crippen LogP contribution in [0, 0.1) is 0 Å². The number of amides is 1. The first kappa shape index (κ1) is 17.0. The number of carbonyl (C=O) groups excluding carboxylic acids is 1. The number of anilines is 1. The zero-order valence-electron chi connectivity index (χ0n) is 14.8. The first-order chi connectivity index (χ1) is 12.6. The minimum absolute atomic E-state index is 0.124. The molecule has 1 aliphatic heterocycles. The fourth-order valence-corrected chi connectivity index (χ4v) is 3.85. The number of hydrogen-bond acceptors (Lipinski definition) is 5. The van der Waals surface area contributed by atoms with Crippen LogP contribution >= 0.6 is 0 Å². The van der Waals surface area contributed by atoms with Gasteiger partial charge in [-0.15, -0.1) is 0 Å². The molecule has 1 atom stereocenters. The van der Waals surface area contributed by atoms with Gasteiger partial charge in [-0.2, -0.15) is 0 Å². The van der Waals surface area contributed by atoms with Gasteiger partial charge in [-0.05, 0) is 61.4 Å². The summed E-state index contributed by atoms with van der Waals surface area (Å²) < 4.78 is 0. The molecule has 4 rings (SSSR count). The fourth-order valence-electron chi connectivity index (χ4n) is 3.85. The van der Waals surface area contributed by atoms with E-state index in [1.807, 2.05) is 17.0 Å². The van der Waals surface area contributed by atoms with Crippen molar-refractivity contribution in [3.63, 3.8) is 0 Å². The van der Waals surface area contributed by atoms with Crippen molar-refractivity contribution < 1.29 is 9.90 Å². The Kier molecular flexibility index (Phi) is 4.59. The van der Waals surface area contributed by atoms with Crippen molar-refractivity contribution in [3.8, 4) is 0 Å². The van der Waals surface area contributed by atoms with Crippen molar-refractivity contribution >= 4 is 11.9 Å². The maximum absolute atomic E-state index is 12.5. The smallest absolute Gasteiger partial charge is 0.251 e. The molecule has 6 heteroatoms. The van der Waals surface area contributed by atoms with E-state index >= 15 is 0 Å². The molecule has 1 amide bonds. The summed E-state index contributed by atoms with van der Waals surface area (Å²) in [5.74, 6) is 0.491. The molecule has 2 heterocycles. The first-order valence-corrected chi connectivity index (χ1v) is 9.27. The molecule has 0 bridgehead atoms. The van der Waals surface area contributed by atoms with E-state index in [4.69, 9.17) is 0 Å². The number of benzene rings is 1. The quantitative estimate of drug-likeness (QED) is 0.876. The minimum Gasteiger partial charge on any atom is -0.386 e. The third-order valence-electron chi connectivity index (χ3n) is 5.36. The Morgan fingerprint density at radius 1 is 1.19 bits per heavy atom. The number of aryl methyl sites for hydroxylation is 2. The normalized spacial score (nSPS) is 22.1. The van der Waals surface area contributed by atoms with Crippen LogP contribution in [-0.4, -0.2) is 46.2 Å². The molecule has 1 fully saturated rings. The van der Waals surface area contributed by atoms with Gasteiger partial charge in [0, 0.05) is 31.0 Å². The molecule has 1 aromatic carbocycles. The number of carbonyl (C=O) groups is 1. The number of aliphatic hydroxyl groups is 1. The predicted molar refractivity (Wildman–Crippen MR) is 99.2 cm³/mol. The van der Waals surface area contributed by atoms with Crippen LogP contribution in [0.1, 0.15) is 40.7 Å². The van der Waals surface area contributed by atoms with E-state index in [1.54, 1.807) is 18.5 Å². The number of nitrogens with one attached hydrogen (secondary N) is 1. The topological polar surface area (TPSA) is 78.4 Å². The Bertz CT molecular complexity index is 796. The largest absolute Gasteiger partial charge is 0.386 e. The van der Waals surface area contributed by atoms with Gasteiger partial charge < -0.3 is 15.3 Å². The van der Waals surface area contributed by atoms with E-state index in [2.05, 4.69) is 21.4 Å². The maximum atomic E-state index is 12.5. The van der Waals surface area contributed by atoms with Crippen LogP contribution in [0.4, 0.5) is 5.95 Å². The van der Waals surface area contributed by atoms with Crippen LogP contribution in [0.2, 0.25) is 0 Å². The Hall–Kier alpha value is -2.47. The average molecular weight is 352 g/mol. The SMILES string of the molecule is O=C(NCC1(O)CCN(c2ncccn2)C1)c1ccc2c(c1)CCCC2. The average Bonchev–Trinajstić information content (AvgIpc) is 3.09. The third-order valence-corrected chi connectivity index (χ3v) is 5.36. The van der Waals surface area contributed by atoms with Crippen LogP contribution in [0.25, 0.3) is 0 Å². The van der Waals surface area contributed by atoms with E-state index in [1.165, 1.54) is 24.0 Å². The van der Waals surface area contributed by atoms with Gasteiger partial charge in [0.05, 0.1) is 6.54 Å². The Balaban J connectivity index is 1.37. The molecule has 1 aliphatic carbocycles. The Labute approximate surface area is 153 Å². The molecule has 0 saturated carbocycles. The molecular weight excluding hydrogens is 328 g/mol. The van der Waals surface area contributed by atoms with Crippen LogP contribution in [0.15, 0.2) is 36.7 Å². The zero-order valence-corrected chi connectivity index (χ0v) is 14.8. The lowest BCUT2D eigenvalue weighted by molar-refractivity contribution is 0.0575. The van der Waals surface area contributed by atoms with Gasteiger partial charge in [0.1, 0.15) is 5.60 Å². The molecule has 0 radical (unpaired) electrons. The van der Waals surface area contributed by atoms with Crippen LogP contribution in [0.5, 0.6) is 0 Å². The fraction of sp³-hybridized carbons (Fsp3) is 0.450. The molecule has 136 valence electrons. The van der Waals surface area contributed by atoms with Crippen molar-refractivity contribution in [3.05, 3.63) is 53.3 Å². The standard InChI is InChI=1S/C20H24N4O2/c25-18(17-7-6-15-4-1-2-5-16(15)12-17)23-13-20(26)8-11-24(14-20)19-21-9-3-10-22-19/h3,6-7,9-10,12,26H,1-2,4-5,8,11,13-14H2,(H,23,25). The van der Waals surface area contributed by atoms with Crippen molar-refractivity contribution in [1.29, 1.82) is 0 Å². The van der Waals surface area contributed by atoms with E-state index in [0.717, 1.165) is 12.8 Å². The molecule has 0 spiro atoms. The zero-order chi connectivity index (χ0) is 18.0. The second-order valence-electron chi connectivity index (χ2n) is 7.32. The molecule has 2 N–H and O–H groups in total. The maximum Gasteiger partial charge on any atom is 0.251 e. The highest BCUT2D eigenvalue weighted by Crippen LogP contribution is 2.24. The summed E-state index contributed by atoms with van der Waals surface area (Å²) in [7, 11) is 0. The van der Waals surface area contributed by atoms with Crippen molar-refractivity contribution in [2.75, 3.05) is 24.5 Å². The summed E-state index contributed by atoms with van der Waals surface area (Å²) in [5, 5.41) is 13.7. The highest BCUT2D eigenvalue weighted by molar-refractivity contribution is 5.94. The lowest BCUT2D eigenvalue weighted by Gasteiger charge is -2.24. The third kappa shape index (κ3) is 3.55. The van der Waals surface area contributed by atoms with Gasteiger partial charge in [-0.25, -0.2) is 9.97 Å². The highest BCUT2D eigenvalue weighted by atomic mass is 16.3.